The van der Waals surface area contributed by atoms with Crippen LogP contribution in [0.2, 0.25) is 0 Å². The number of ether oxygens (including phenoxy) is 3. The zero-order valence-corrected chi connectivity index (χ0v) is 24.2. The van der Waals surface area contributed by atoms with E-state index >= 15 is 0 Å². The molecule has 212 valence electrons. The highest BCUT2D eigenvalue weighted by atomic mass is 32.1. The number of hydrazone groups is 1. The van der Waals surface area contributed by atoms with E-state index in [2.05, 4.69) is 22.8 Å². The standard InChI is InChI=1S/C30H35N3O6S/c1-6-8-17-38-24-13-9-22(10-14-24)18-31-33-27(34)20(4)39-25-15-11-23(12-16-25)28(35)32-29-26(30(36)37-7-2)19(3)21(5)40-29/h9-16,18,20H,6-8,17H2,1-5H3,(H,32,35)(H,33,34)/b31-18-/t20-/m1/s1. The summed E-state index contributed by atoms with van der Waals surface area (Å²) in [4.78, 5) is 38.5. The largest absolute Gasteiger partial charge is 0.494 e. The minimum atomic E-state index is -0.824. The third-order valence-electron chi connectivity index (χ3n) is 5.93. The first-order valence-corrected chi connectivity index (χ1v) is 14.0. The summed E-state index contributed by atoms with van der Waals surface area (Å²) in [6.45, 7) is 10.1. The van der Waals surface area contributed by atoms with Crippen LogP contribution in [0.1, 0.15) is 70.3 Å². The molecule has 1 heterocycles. The maximum atomic E-state index is 12.8. The molecule has 2 amide bonds. The summed E-state index contributed by atoms with van der Waals surface area (Å²) in [7, 11) is 0. The second-order valence-corrected chi connectivity index (χ2v) is 10.2. The molecule has 2 N–H and O–H groups in total. The number of thiophene rings is 1. The highest BCUT2D eigenvalue weighted by Gasteiger charge is 2.22. The van der Waals surface area contributed by atoms with Gasteiger partial charge in [-0.1, -0.05) is 13.3 Å². The van der Waals surface area contributed by atoms with E-state index in [9.17, 15) is 14.4 Å². The first kappa shape index (κ1) is 30.4. The van der Waals surface area contributed by atoms with Crippen molar-refractivity contribution in [1.29, 1.82) is 0 Å². The van der Waals surface area contributed by atoms with Crippen molar-refractivity contribution in [1.82, 2.24) is 5.43 Å². The molecule has 3 rings (SSSR count). The zero-order chi connectivity index (χ0) is 29.1. The van der Waals surface area contributed by atoms with E-state index in [-0.39, 0.29) is 12.5 Å². The lowest BCUT2D eigenvalue weighted by Crippen LogP contribution is -2.33. The Morgan fingerprint density at radius 3 is 2.33 bits per heavy atom. The molecule has 0 fully saturated rings. The van der Waals surface area contributed by atoms with Crippen molar-refractivity contribution in [3.05, 3.63) is 75.7 Å². The molecule has 0 spiro atoms. The Kier molecular flexibility index (Phi) is 11.3. The second kappa shape index (κ2) is 14.8. The maximum absolute atomic E-state index is 12.8. The average Bonchev–Trinajstić information content (AvgIpc) is 3.22. The lowest BCUT2D eigenvalue weighted by Gasteiger charge is -2.13. The SMILES string of the molecule is CCCCOc1ccc(/C=N\NC(=O)[C@@H](C)Oc2ccc(C(=O)Nc3sc(C)c(C)c3C(=O)OCC)cc2)cc1. The van der Waals surface area contributed by atoms with Crippen LogP contribution in [-0.4, -0.2) is 43.3 Å². The van der Waals surface area contributed by atoms with Crippen LogP contribution < -0.4 is 20.2 Å². The van der Waals surface area contributed by atoms with E-state index in [0.29, 0.717) is 28.5 Å². The van der Waals surface area contributed by atoms with Crippen LogP contribution in [0.4, 0.5) is 5.00 Å². The molecule has 0 saturated heterocycles. The summed E-state index contributed by atoms with van der Waals surface area (Å²) in [5.74, 6) is -0.0629. The van der Waals surface area contributed by atoms with Gasteiger partial charge in [-0.05, 0) is 93.8 Å². The minimum absolute atomic E-state index is 0.244. The molecule has 9 nitrogen and oxygen atoms in total. The van der Waals surface area contributed by atoms with Gasteiger partial charge in [0, 0.05) is 10.4 Å². The van der Waals surface area contributed by atoms with Gasteiger partial charge < -0.3 is 19.5 Å². The third kappa shape index (κ3) is 8.41. The number of aryl methyl sites for hydroxylation is 1. The van der Waals surface area contributed by atoms with Gasteiger partial charge >= 0.3 is 5.97 Å². The van der Waals surface area contributed by atoms with Crippen molar-refractivity contribution in [3.8, 4) is 11.5 Å². The highest BCUT2D eigenvalue weighted by molar-refractivity contribution is 7.16. The summed E-state index contributed by atoms with van der Waals surface area (Å²) >= 11 is 1.32. The Morgan fingerprint density at radius 2 is 1.68 bits per heavy atom. The maximum Gasteiger partial charge on any atom is 0.341 e. The molecule has 0 aliphatic carbocycles. The van der Waals surface area contributed by atoms with E-state index in [0.717, 1.165) is 34.6 Å². The molecule has 1 atom stereocenters. The van der Waals surface area contributed by atoms with Gasteiger partial charge in [0.05, 0.1) is 25.0 Å². The molecular formula is C30H35N3O6S. The third-order valence-corrected chi connectivity index (χ3v) is 7.05. The van der Waals surface area contributed by atoms with Crippen LogP contribution in [-0.2, 0) is 9.53 Å². The average molecular weight is 566 g/mol. The van der Waals surface area contributed by atoms with Gasteiger partial charge in [-0.3, -0.25) is 9.59 Å². The number of carbonyl (C=O) groups excluding carboxylic acids is 3. The number of nitrogens with zero attached hydrogens (tertiary/aromatic N) is 1. The van der Waals surface area contributed by atoms with Gasteiger partial charge in [0.15, 0.2) is 6.10 Å². The molecule has 3 aromatic rings. The van der Waals surface area contributed by atoms with E-state index in [4.69, 9.17) is 14.2 Å². The van der Waals surface area contributed by atoms with Gasteiger partial charge in [-0.15, -0.1) is 11.3 Å². The van der Waals surface area contributed by atoms with Crippen molar-refractivity contribution in [3.63, 3.8) is 0 Å². The fourth-order valence-corrected chi connectivity index (χ4v) is 4.57. The van der Waals surface area contributed by atoms with E-state index in [1.54, 1.807) is 38.1 Å². The Balaban J connectivity index is 1.52. The van der Waals surface area contributed by atoms with Crippen LogP contribution in [0.15, 0.2) is 53.6 Å². The van der Waals surface area contributed by atoms with Crippen molar-refractivity contribution in [2.24, 2.45) is 5.10 Å². The van der Waals surface area contributed by atoms with E-state index < -0.39 is 18.0 Å². The Labute approximate surface area is 238 Å². The highest BCUT2D eigenvalue weighted by Crippen LogP contribution is 2.33. The fourth-order valence-electron chi connectivity index (χ4n) is 3.53. The summed E-state index contributed by atoms with van der Waals surface area (Å²) in [6, 6.07) is 13.8. The van der Waals surface area contributed by atoms with Crippen LogP contribution in [0.25, 0.3) is 0 Å². The minimum Gasteiger partial charge on any atom is -0.494 e. The molecule has 0 radical (unpaired) electrons. The summed E-state index contributed by atoms with van der Waals surface area (Å²) in [6.07, 6.45) is 2.79. The quantitative estimate of drug-likeness (QED) is 0.116. The van der Waals surface area contributed by atoms with Crippen molar-refractivity contribution in [2.45, 2.75) is 53.6 Å². The molecular weight excluding hydrogens is 530 g/mol. The lowest BCUT2D eigenvalue weighted by molar-refractivity contribution is -0.127. The molecule has 0 aliphatic rings. The number of unbranched alkanes of at least 4 members (excludes halogenated alkanes) is 1. The number of benzene rings is 2. The summed E-state index contributed by atoms with van der Waals surface area (Å²) in [5.41, 5.74) is 4.80. The molecule has 2 aromatic carbocycles. The molecule has 10 heteroatoms. The first-order valence-electron chi connectivity index (χ1n) is 13.1. The predicted octanol–water partition coefficient (Wildman–Crippen LogP) is 5.89. The van der Waals surface area contributed by atoms with Crippen LogP contribution >= 0.6 is 11.3 Å². The Morgan fingerprint density at radius 1 is 1.00 bits per heavy atom. The lowest BCUT2D eigenvalue weighted by atomic mass is 10.1. The van der Waals surface area contributed by atoms with Gasteiger partial charge in [0.25, 0.3) is 11.8 Å². The molecule has 40 heavy (non-hydrogen) atoms. The van der Waals surface area contributed by atoms with Gasteiger partial charge in [0.2, 0.25) is 0 Å². The van der Waals surface area contributed by atoms with Gasteiger partial charge in [-0.25, -0.2) is 10.2 Å². The molecule has 0 aliphatic heterocycles. The van der Waals surface area contributed by atoms with E-state index in [1.165, 1.54) is 17.6 Å². The van der Waals surface area contributed by atoms with Crippen molar-refractivity contribution >= 4 is 40.3 Å². The zero-order valence-electron chi connectivity index (χ0n) is 23.4. The number of amides is 2. The Bertz CT molecular complexity index is 1330. The number of hydrogen-bond acceptors (Lipinski definition) is 8. The molecule has 1 aromatic heterocycles. The van der Waals surface area contributed by atoms with E-state index in [1.807, 2.05) is 38.1 Å². The monoisotopic (exact) mass is 565 g/mol. The molecule has 0 bridgehead atoms. The summed E-state index contributed by atoms with van der Waals surface area (Å²) in [5, 5.41) is 7.25. The normalized spacial score (nSPS) is 11.6. The van der Waals surface area contributed by atoms with Crippen molar-refractivity contribution < 1.29 is 28.6 Å². The number of carbonyl (C=O) groups is 3. The van der Waals surface area contributed by atoms with Gasteiger partial charge in [0.1, 0.15) is 16.5 Å². The number of rotatable bonds is 13. The number of anilines is 1. The molecule has 0 saturated carbocycles. The Hall–Kier alpha value is -4.18. The number of nitrogens with one attached hydrogen (secondary N) is 2. The predicted molar refractivity (Wildman–Crippen MR) is 157 cm³/mol. The van der Waals surface area contributed by atoms with Gasteiger partial charge in [-0.2, -0.15) is 5.10 Å². The second-order valence-electron chi connectivity index (χ2n) is 8.95. The van der Waals surface area contributed by atoms with Crippen molar-refractivity contribution in [2.75, 3.05) is 18.5 Å². The van der Waals surface area contributed by atoms with Crippen LogP contribution in [0, 0.1) is 13.8 Å². The topological polar surface area (TPSA) is 115 Å². The van der Waals surface area contributed by atoms with Crippen LogP contribution in [0.3, 0.4) is 0 Å². The fraction of sp³-hybridized carbons (Fsp3) is 0.333. The first-order chi connectivity index (χ1) is 19.2. The molecule has 0 unspecified atom stereocenters. The number of esters is 1. The number of hydrogen-bond donors (Lipinski definition) is 2. The van der Waals surface area contributed by atoms with Crippen LogP contribution in [0.5, 0.6) is 11.5 Å². The smallest absolute Gasteiger partial charge is 0.341 e. The summed E-state index contributed by atoms with van der Waals surface area (Å²) < 4.78 is 16.5.